The van der Waals surface area contributed by atoms with Gasteiger partial charge in [-0.25, -0.2) is 0 Å². The van der Waals surface area contributed by atoms with E-state index in [0.717, 1.165) is 23.0 Å². The zero-order chi connectivity index (χ0) is 33.6. The van der Waals surface area contributed by atoms with Crippen LogP contribution < -0.4 is 0 Å². The lowest BCUT2D eigenvalue weighted by Gasteiger charge is -2.29. The Bertz CT molecular complexity index is 1270. The summed E-state index contributed by atoms with van der Waals surface area (Å²) in [5, 5.41) is 11.2. The minimum atomic E-state index is -1.02. The number of hydrogen-bond acceptors (Lipinski definition) is 3. The Morgan fingerprint density at radius 1 is 0.583 bits per heavy atom. The molecule has 3 aromatic carbocycles. The number of aliphatic hydroxyl groups is 1. The molecule has 5 rings (SSSR count). The number of ether oxygens (including phenoxy) is 2. The smallest absolute Gasteiger partial charge is 0.182 e. The molecule has 2 saturated carbocycles. The average molecular weight is 653 g/mol. The van der Waals surface area contributed by atoms with Gasteiger partial charge in [-0.3, -0.25) is 0 Å². The molecular weight excluding hydrogens is 588 g/mol. The topological polar surface area (TPSA) is 38.7 Å². The van der Waals surface area contributed by atoms with Gasteiger partial charge in [0.05, 0.1) is 12.7 Å². The molecule has 2 aliphatic rings. The van der Waals surface area contributed by atoms with Crippen molar-refractivity contribution >= 4 is 0 Å². The highest BCUT2D eigenvalue weighted by atomic mass is 16.6. The highest BCUT2D eigenvalue weighted by Gasteiger charge is 2.25. The molecule has 0 amide bonds. The van der Waals surface area contributed by atoms with Crippen LogP contribution in [0.15, 0.2) is 78.9 Å². The molecule has 0 bridgehead atoms. The van der Waals surface area contributed by atoms with Crippen molar-refractivity contribution in [2.75, 3.05) is 6.61 Å². The van der Waals surface area contributed by atoms with Crippen LogP contribution in [-0.2, 0) is 9.47 Å². The summed E-state index contributed by atoms with van der Waals surface area (Å²) in [6.45, 7) is 7.07. The van der Waals surface area contributed by atoms with Gasteiger partial charge in [0.15, 0.2) is 6.29 Å². The Balaban J connectivity index is 1.12. The number of aliphatic hydroxyl groups excluding tert-OH is 1. The Kier molecular flexibility index (Phi) is 15.1. The number of unbranched alkanes of at least 4 members (excludes halogenated alkanes) is 4. The first-order chi connectivity index (χ1) is 23.5. The van der Waals surface area contributed by atoms with Gasteiger partial charge in [0, 0.05) is 5.56 Å². The minimum absolute atomic E-state index is 0.0682. The molecule has 3 atom stereocenters. The third kappa shape index (κ3) is 11.0. The standard InChI is InChI=1S/C45H64O3/c1-4-6-9-13-35-17-21-38(22-18-35)40-27-25-37(26-28-40)34(3)47-33-44(42-15-11-8-12-16-42)48-45(46)43-31-29-41(30-32-43)39-23-19-36(20-24-39)14-10-7-5-2/h8,11-12,15-16,25-32,34-36,38-39,44-46H,4-7,9-10,13-14,17-24,33H2,1-3H3. The molecule has 262 valence electrons. The SMILES string of the molecule is CCCCCC1CCC(c2ccc(C(C)OCC(OC(O)c3ccc(C4CCC(CCCCC)CC4)cc3)c3ccccc3)cc2)CC1. The number of hydrogen-bond donors (Lipinski definition) is 1. The monoisotopic (exact) mass is 652 g/mol. The maximum atomic E-state index is 11.2. The second-order valence-electron chi connectivity index (χ2n) is 15.1. The fraction of sp³-hybridized carbons (Fsp3) is 0.600. The summed E-state index contributed by atoms with van der Waals surface area (Å²) >= 11 is 0. The van der Waals surface area contributed by atoms with Crippen LogP contribution in [0.25, 0.3) is 0 Å². The molecule has 2 aliphatic carbocycles. The Labute approximate surface area is 292 Å². The van der Waals surface area contributed by atoms with E-state index in [1.165, 1.54) is 119 Å². The van der Waals surface area contributed by atoms with Crippen LogP contribution in [0.4, 0.5) is 0 Å². The average Bonchev–Trinajstić information content (AvgIpc) is 3.14. The summed E-state index contributed by atoms with van der Waals surface area (Å²) in [6, 6.07) is 27.9. The maximum absolute atomic E-state index is 11.2. The van der Waals surface area contributed by atoms with Gasteiger partial charge in [-0.2, -0.15) is 0 Å². The molecule has 0 radical (unpaired) electrons. The molecule has 0 heterocycles. The minimum Gasteiger partial charge on any atom is -0.371 e. The number of benzene rings is 3. The summed E-state index contributed by atoms with van der Waals surface area (Å²) in [5.41, 5.74) is 5.87. The van der Waals surface area contributed by atoms with E-state index in [1.807, 2.05) is 18.2 Å². The van der Waals surface area contributed by atoms with Crippen molar-refractivity contribution in [1.29, 1.82) is 0 Å². The van der Waals surface area contributed by atoms with Gasteiger partial charge in [-0.05, 0) is 104 Å². The fourth-order valence-electron chi connectivity index (χ4n) is 8.35. The van der Waals surface area contributed by atoms with E-state index >= 15 is 0 Å². The van der Waals surface area contributed by atoms with Crippen molar-refractivity contribution < 1.29 is 14.6 Å². The largest absolute Gasteiger partial charge is 0.371 e. The predicted molar refractivity (Wildman–Crippen MR) is 200 cm³/mol. The van der Waals surface area contributed by atoms with Crippen LogP contribution in [0, 0.1) is 11.8 Å². The third-order valence-electron chi connectivity index (χ3n) is 11.7. The molecule has 3 aromatic rings. The van der Waals surface area contributed by atoms with Gasteiger partial charge in [-0.15, -0.1) is 0 Å². The molecule has 3 nitrogen and oxygen atoms in total. The Morgan fingerprint density at radius 3 is 1.54 bits per heavy atom. The molecule has 1 N–H and O–H groups in total. The lowest BCUT2D eigenvalue weighted by atomic mass is 9.77. The summed E-state index contributed by atoms with van der Waals surface area (Å²) in [7, 11) is 0. The first-order valence-corrected chi connectivity index (χ1v) is 19.7. The van der Waals surface area contributed by atoms with E-state index in [0.29, 0.717) is 18.4 Å². The van der Waals surface area contributed by atoms with Crippen LogP contribution in [0.3, 0.4) is 0 Å². The van der Waals surface area contributed by atoms with Gasteiger partial charge in [0.1, 0.15) is 6.10 Å². The summed E-state index contributed by atoms with van der Waals surface area (Å²) in [5.74, 6) is 3.18. The fourth-order valence-corrected chi connectivity index (χ4v) is 8.35. The van der Waals surface area contributed by atoms with E-state index in [-0.39, 0.29) is 12.2 Å². The van der Waals surface area contributed by atoms with Crippen LogP contribution in [-0.4, -0.2) is 11.7 Å². The van der Waals surface area contributed by atoms with Crippen molar-refractivity contribution in [2.45, 2.75) is 154 Å². The van der Waals surface area contributed by atoms with Gasteiger partial charge in [-0.1, -0.05) is 144 Å². The summed E-state index contributed by atoms with van der Waals surface area (Å²) in [4.78, 5) is 0. The van der Waals surface area contributed by atoms with E-state index in [4.69, 9.17) is 9.47 Å². The van der Waals surface area contributed by atoms with Crippen molar-refractivity contribution in [3.05, 3.63) is 107 Å². The zero-order valence-electron chi connectivity index (χ0n) is 30.3. The van der Waals surface area contributed by atoms with Gasteiger partial charge in [0.2, 0.25) is 0 Å². The quantitative estimate of drug-likeness (QED) is 0.110. The summed E-state index contributed by atoms with van der Waals surface area (Å²) < 4.78 is 12.8. The first-order valence-electron chi connectivity index (χ1n) is 19.7. The molecule has 0 aliphatic heterocycles. The highest BCUT2D eigenvalue weighted by molar-refractivity contribution is 5.28. The second kappa shape index (κ2) is 19.7. The molecule has 2 fully saturated rings. The summed E-state index contributed by atoms with van der Waals surface area (Å²) in [6.07, 6.45) is 20.2. The van der Waals surface area contributed by atoms with Crippen LogP contribution in [0.2, 0.25) is 0 Å². The van der Waals surface area contributed by atoms with E-state index in [1.54, 1.807) is 0 Å². The van der Waals surface area contributed by atoms with Crippen LogP contribution >= 0.6 is 0 Å². The van der Waals surface area contributed by atoms with E-state index < -0.39 is 6.29 Å². The molecule has 48 heavy (non-hydrogen) atoms. The lowest BCUT2D eigenvalue weighted by molar-refractivity contribution is -0.163. The molecular formula is C45H64O3. The predicted octanol–water partition coefficient (Wildman–Crippen LogP) is 12.9. The van der Waals surface area contributed by atoms with Crippen molar-refractivity contribution in [2.24, 2.45) is 11.8 Å². The Hall–Kier alpha value is -2.46. The van der Waals surface area contributed by atoms with Crippen LogP contribution in [0.5, 0.6) is 0 Å². The van der Waals surface area contributed by atoms with E-state index in [9.17, 15) is 5.11 Å². The molecule has 0 spiro atoms. The van der Waals surface area contributed by atoms with Gasteiger partial charge in [0.25, 0.3) is 0 Å². The number of rotatable bonds is 18. The van der Waals surface area contributed by atoms with E-state index in [2.05, 4.69) is 81.4 Å². The zero-order valence-corrected chi connectivity index (χ0v) is 30.3. The second-order valence-corrected chi connectivity index (χ2v) is 15.1. The van der Waals surface area contributed by atoms with Gasteiger partial charge < -0.3 is 14.6 Å². The van der Waals surface area contributed by atoms with Crippen molar-refractivity contribution in [3.8, 4) is 0 Å². The molecule has 3 heteroatoms. The third-order valence-corrected chi connectivity index (χ3v) is 11.7. The normalized spacial score (nSPS) is 23.4. The van der Waals surface area contributed by atoms with Gasteiger partial charge >= 0.3 is 0 Å². The highest BCUT2D eigenvalue weighted by Crippen LogP contribution is 2.40. The molecule has 0 aromatic heterocycles. The Morgan fingerprint density at radius 2 is 1.06 bits per heavy atom. The lowest BCUT2D eigenvalue weighted by Crippen LogP contribution is -2.17. The molecule has 0 saturated heterocycles. The van der Waals surface area contributed by atoms with Crippen molar-refractivity contribution in [1.82, 2.24) is 0 Å². The first kappa shape index (κ1) is 36.8. The molecule has 3 unspecified atom stereocenters. The van der Waals surface area contributed by atoms with Crippen molar-refractivity contribution in [3.63, 3.8) is 0 Å². The van der Waals surface area contributed by atoms with Crippen LogP contribution in [0.1, 0.15) is 182 Å². The maximum Gasteiger partial charge on any atom is 0.182 e.